The highest BCUT2D eigenvalue weighted by Gasteiger charge is 2.31. The number of hydrogen-bond acceptors (Lipinski definition) is 3. The van der Waals surface area contributed by atoms with E-state index in [9.17, 15) is 0 Å². The lowest BCUT2D eigenvalue weighted by Crippen LogP contribution is -2.46. The Morgan fingerprint density at radius 3 is 2.22 bits per heavy atom. The number of hydrogen-bond donors (Lipinski definition) is 1. The second kappa shape index (κ2) is 5.41. The summed E-state index contributed by atoms with van der Waals surface area (Å²) in [6.45, 7) is 11.1. The van der Waals surface area contributed by atoms with Crippen molar-refractivity contribution in [3.8, 4) is 0 Å². The van der Waals surface area contributed by atoms with E-state index in [0.29, 0.717) is 6.04 Å². The lowest BCUT2D eigenvalue weighted by molar-refractivity contribution is 0.0867. The summed E-state index contributed by atoms with van der Waals surface area (Å²) in [7, 11) is 4.09. The van der Waals surface area contributed by atoms with Crippen LogP contribution in [0, 0.1) is 5.41 Å². The lowest BCUT2D eigenvalue weighted by atomic mass is 9.85. The number of nitrogens with two attached hydrogens (primary N) is 1. The van der Waals surface area contributed by atoms with E-state index < -0.39 is 0 Å². The molecule has 0 spiro atoms. The van der Waals surface area contributed by atoms with Gasteiger partial charge < -0.3 is 5.73 Å². The molecule has 0 saturated carbocycles. The summed E-state index contributed by atoms with van der Waals surface area (Å²) in [6, 6.07) is 0.714. The summed E-state index contributed by atoms with van der Waals surface area (Å²) in [5, 5.41) is 4.26. The van der Waals surface area contributed by atoms with Crippen LogP contribution >= 0.6 is 0 Å². The van der Waals surface area contributed by atoms with Gasteiger partial charge in [0.2, 0.25) is 0 Å². The van der Waals surface area contributed by atoms with Gasteiger partial charge in [-0.2, -0.15) is 5.10 Å². The van der Waals surface area contributed by atoms with Crippen LogP contribution in [-0.4, -0.2) is 33.8 Å². The highest BCUT2D eigenvalue weighted by molar-refractivity contribution is 5.13. The van der Waals surface area contributed by atoms with E-state index in [1.165, 1.54) is 5.56 Å². The largest absolute Gasteiger partial charge is 0.326 e. The first kappa shape index (κ1) is 15.2. The van der Waals surface area contributed by atoms with Crippen LogP contribution in [0.3, 0.4) is 0 Å². The lowest BCUT2D eigenvalue weighted by Gasteiger charge is -2.41. The van der Waals surface area contributed by atoms with Gasteiger partial charge in [0.15, 0.2) is 0 Å². The van der Waals surface area contributed by atoms with Crippen LogP contribution in [0.4, 0.5) is 0 Å². The van der Waals surface area contributed by atoms with Gasteiger partial charge in [0.05, 0.1) is 12.2 Å². The molecule has 0 fully saturated rings. The molecule has 0 bridgehead atoms. The molecule has 0 aliphatic carbocycles. The monoisotopic (exact) mass is 252 g/mol. The van der Waals surface area contributed by atoms with E-state index in [-0.39, 0.29) is 17.5 Å². The van der Waals surface area contributed by atoms with E-state index in [4.69, 9.17) is 5.73 Å². The maximum absolute atomic E-state index is 6.18. The van der Waals surface area contributed by atoms with Crippen LogP contribution < -0.4 is 5.73 Å². The quantitative estimate of drug-likeness (QED) is 0.893. The second-order valence-corrected chi connectivity index (χ2v) is 6.46. The van der Waals surface area contributed by atoms with Crippen molar-refractivity contribution in [1.29, 1.82) is 0 Å². The van der Waals surface area contributed by atoms with E-state index in [0.717, 1.165) is 0 Å². The summed E-state index contributed by atoms with van der Waals surface area (Å²) in [5.74, 6) is 0. The van der Waals surface area contributed by atoms with Gasteiger partial charge in [0.1, 0.15) is 0 Å². The van der Waals surface area contributed by atoms with Crippen molar-refractivity contribution in [2.45, 2.75) is 52.7 Å². The molecule has 1 aromatic heterocycles. The highest BCUT2D eigenvalue weighted by atomic mass is 15.3. The molecule has 0 aromatic carbocycles. The van der Waals surface area contributed by atoms with Crippen molar-refractivity contribution < 1.29 is 0 Å². The Morgan fingerprint density at radius 2 is 1.89 bits per heavy atom. The van der Waals surface area contributed by atoms with Crippen molar-refractivity contribution in [2.24, 2.45) is 18.2 Å². The Morgan fingerprint density at radius 1 is 1.33 bits per heavy atom. The van der Waals surface area contributed by atoms with Crippen molar-refractivity contribution >= 4 is 0 Å². The van der Waals surface area contributed by atoms with Gasteiger partial charge in [-0.1, -0.05) is 20.8 Å². The van der Waals surface area contributed by atoms with Gasteiger partial charge in [-0.15, -0.1) is 0 Å². The molecule has 0 saturated heterocycles. The third kappa shape index (κ3) is 3.33. The van der Waals surface area contributed by atoms with Crippen molar-refractivity contribution in [2.75, 3.05) is 7.05 Å². The fraction of sp³-hybridized carbons (Fsp3) is 0.786. The van der Waals surface area contributed by atoms with Gasteiger partial charge >= 0.3 is 0 Å². The van der Waals surface area contributed by atoms with Crippen molar-refractivity contribution in [1.82, 2.24) is 14.7 Å². The Kier molecular flexibility index (Phi) is 4.56. The van der Waals surface area contributed by atoms with Gasteiger partial charge in [-0.25, -0.2) is 0 Å². The number of nitrogens with zero attached hydrogens (tertiary/aromatic N) is 3. The molecule has 3 unspecified atom stereocenters. The van der Waals surface area contributed by atoms with E-state index >= 15 is 0 Å². The molecule has 104 valence electrons. The molecule has 4 heteroatoms. The molecule has 0 amide bonds. The SMILES string of the molecule is CC(N)C(c1cnn(C)c1)N(C)C(C)C(C)(C)C. The number of likely N-dealkylation sites (N-methyl/N-ethyl adjacent to an activating group) is 1. The third-order valence-corrected chi connectivity index (χ3v) is 3.87. The Labute approximate surface area is 111 Å². The number of rotatable bonds is 4. The van der Waals surface area contributed by atoms with Crippen LogP contribution in [-0.2, 0) is 7.05 Å². The first-order chi connectivity index (χ1) is 8.14. The maximum Gasteiger partial charge on any atom is 0.0538 e. The Bertz CT molecular complexity index is 375. The zero-order valence-electron chi connectivity index (χ0n) is 12.8. The van der Waals surface area contributed by atoms with Crippen molar-refractivity contribution in [3.05, 3.63) is 18.0 Å². The predicted octanol–water partition coefficient (Wildman–Crippen LogP) is 2.17. The van der Waals surface area contributed by atoms with Gasteiger partial charge in [0, 0.05) is 30.9 Å². The smallest absolute Gasteiger partial charge is 0.0538 e. The van der Waals surface area contributed by atoms with E-state index in [1.54, 1.807) is 0 Å². The minimum absolute atomic E-state index is 0.0731. The molecular weight excluding hydrogens is 224 g/mol. The number of aromatic nitrogens is 2. The number of aryl methyl sites for hydroxylation is 1. The average molecular weight is 252 g/mol. The topological polar surface area (TPSA) is 47.1 Å². The van der Waals surface area contributed by atoms with Crippen LogP contribution in [0.2, 0.25) is 0 Å². The van der Waals surface area contributed by atoms with Gasteiger partial charge in [0.25, 0.3) is 0 Å². The molecule has 1 rings (SSSR count). The first-order valence-corrected chi connectivity index (χ1v) is 6.60. The molecular formula is C14H28N4. The summed E-state index contributed by atoms with van der Waals surface area (Å²) in [4.78, 5) is 2.36. The average Bonchev–Trinajstić information content (AvgIpc) is 2.61. The van der Waals surface area contributed by atoms with Crippen LogP contribution in [0.5, 0.6) is 0 Å². The summed E-state index contributed by atoms with van der Waals surface area (Å²) >= 11 is 0. The summed E-state index contributed by atoms with van der Waals surface area (Å²) in [5.41, 5.74) is 7.59. The molecule has 1 heterocycles. The summed E-state index contributed by atoms with van der Waals surface area (Å²) < 4.78 is 1.83. The molecule has 0 aliphatic rings. The van der Waals surface area contributed by atoms with Crippen molar-refractivity contribution in [3.63, 3.8) is 0 Å². The molecule has 2 N–H and O–H groups in total. The van der Waals surface area contributed by atoms with Gasteiger partial charge in [-0.05, 0) is 26.3 Å². The van der Waals surface area contributed by atoms with E-state index in [1.807, 2.05) is 17.9 Å². The fourth-order valence-corrected chi connectivity index (χ4v) is 2.35. The molecule has 0 aliphatic heterocycles. The minimum Gasteiger partial charge on any atom is -0.326 e. The second-order valence-electron chi connectivity index (χ2n) is 6.46. The first-order valence-electron chi connectivity index (χ1n) is 6.60. The van der Waals surface area contributed by atoms with Crippen LogP contribution in [0.15, 0.2) is 12.4 Å². The Balaban J connectivity index is 2.99. The normalized spacial score (nSPS) is 17.8. The zero-order valence-corrected chi connectivity index (χ0v) is 12.8. The fourth-order valence-electron chi connectivity index (χ4n) is 2.35. The van der Waals surface area contributed by atoms with Gasteiger partial charge in [-0.3, -0.25) is 9.58 Å². The molecule has 18 heavy (non-hydrogen) atoms. The van der Waals surface area contributed by atoms with Crippen LogP contribution in [0.1, 0.15) is 46.2 Å². The summed E-state index contributed by atoms with van der Waals surface area (Å²) in [6.07, 6.45) is 3.97. The standard InChI is InChI=1S/C14H28N4/c1-10(15)13(12-8-16-17(6)9-12)18(7)11(2)14(3,4)5/h8-11,13H,15H2,1-7H3. The molecule has 1 aromatic rings. The molecule has 3 atom stereocenters. The molecule has 0 radical (unpaired) electrons. The zero-order chi connectivity index (χ0) is 14.1. The third-order valence-electron chi connectivity index (χ3n) is 3.87. The van der Waals surface area contributed by atoms with E-state index in [2.05, 4.69) is 57.9 Å². The molecule has 4 nitrogen and oxygen atoms in total. The highest BCUT2D eigenvalue weighted by Crippen LogP contribution is 2.31. The minimum atomic E-state index is 0.0731. The predicted molar refractivity (Wildman–Crippen MR) is 76.3 cm³/mol. The Hall–Kier alpha value is -0.870. The van der Waals surface area contributed by atoms with Crippen LogP contribution in [0.25, 0.3) is 0 Å². The maximum atomic E-state index is 6.18.